The van der Waals surface area contributed by atoms with E-state index in [2.05, 4.69) is 25.6 Å². The van der Waals surface area contributed by atoms with Gasteiger partial charge in [-0.1, -0.05) is 24.3 Å². The quantitative estimate of drug-likeness (QED) is 0.739. The number of rotatable bonds is 5. The number of benzene rings is 1. The maximum Gasteiger partial charge on any atom is 0.270 e. The summed E-state index contributed by atoms with van der Waals surface area (Å²) in [6.45, 7) is 6.28. The van der Waals surface area contributed by atoms with Crippen LogP contribution >= 0.6 is 0 Å². The van der Waals surface area contributed by atoms with Crippen LogP contribution in [0.3, 0.4) is 0 Å². The van der Waals surface area contributed by atoms with Gasteiger partial charge in [0, 0.05) is 30.3 Å². The van der Waals surface area contributed by atoms with E-state index in [-0.39, 0.29) is 5.91 Å². The van der Waals surface area contributed by atoms with Gasteiger partial charge in [-0.3, -0.25) is 9.78 Å². The minimum atomic E-state index is -0.246. The van der Waals surface area contributed by atoms with Crippen molar-refractivity contribution in [3.05, 3.63) is 76.9 Å². The number of hydrogen-bond donors (Lipinski definition) is 2. The van der Waals surface area contributed by atoms with Crippen molar-refractivity contribution in [3.63, 3.8) is 0 Å². The first-order valence-electron chi connectivity index (χ1n) is 8.39. The highest BCUT2D eigenvalue weighted by Gasteiger charge is 2.12. The second-order valence-corrected chi connectivity index (χ2v) is 6.15. The summed E-state index contributed by atoms with van der Waals surface area (Å²) in [7, 11) is 0. The predicted octanol–water partition coefficient (Wildman–Crippen LogP) is 3.47. The molecule has 0 saturated heterocycles. The fraction of sp³-hybridized carbons (Fsp3) is 0.200. The molecule has 26 heavy (non-hydrogen) atoms. The van der Waals surface area contributed by atoms with Crippen molar-refractivity contribution in [2.75, 3.05) is 5.32 Å². The minimum absolute atomic E-state index is 0.246. The fourth-order valence-electron chi connectivity index (χ4n) is 2.64. The van der Waals surface area contributed by atoms with Crippen molar-refractivity contribution < 1.29 is 4.79 Å². The number of pyridine rings is 1. The summed E-state index contributed by atoms with van der Waals surface area (Å²) in [6, 6.07) is 11.5. The van der Waals surface area contributed by atoms with E-state index >= 15 is 0 Å². The lowest BCUT2D eigenvalue weighted by Crippen LogP contribution is -2.24. The van der Waals surface area contributed by atoms with E-state index < -0.39 is 0 Å². The molecule has 2 N–H and O–H groups in total. The number of amides is 1. The fourth-order valence-corrected chi connectivity index (χ4v) is 2.64. The second-order valence-electron chi connectivity index (χ2n) is 6.15. The van der Waals surface area contributed by atoms with Gasteiger partial charge >= 0.3 is 0 Å². The van der Waals surface area contributed by atoms with Gasteiger partial charge in [0.2, 0.25) is 5.95 Å². The second kappa shape index (κ2) is 7.74. The van der Waals surface area contributed by atoms with Crippen molar-refractivity contribution in [1.82, 2.24) is 20.3 Å². The van der Waals surface area contributed by atoms with Crippen LogP contribution in [0.5, 0.6) is 0 Å². The normalized spacial score (nSPS) is 10.4. The summed E-state index contributed by atoms with van der Waals surface area (Å²) in [5, 5.41) is 6.10. The Hall–Kier alpha value is -3.28. The number of carbonyl (C=O) groups is 1. The molecule has 0 fully saturated rings. The lowest BCUT2D eigenvalue weighted by molar-refractivity contribution is 0.0945. The molecule has 0 aliphatic heterocycles. The summed E-state index contributed by atoms with van der Waals surface area (Å²) in [4.78, 5) is 25.3. The van der Waals surface area contributed by atoms with E-state index in [4.69, 9.17) is 0 Å². The van der Waals surface area contributed by atoms with Crippen LogP contribution in [-0.2, 0) is 6.54 Å². The van der Waals surface area contributed by atoms with Gasteiger partial charge in [0.1, 0.15) is 5.69 Å². The first-order valence-corrected chi connectivity index (χ1v) is 8.39. The van der Waals surface area contributed by atoms with E-state index in [1.807, 2.05) is 51.1 Å². The van der Waals surface area contributed by atoms with E-state index in [0.29, 0.717) is 18.2 Å². The van der Waals surface area contributed by atoms with Gasteiger partial charge < -0.3 is 10.6 Å². The Morgan fingerprint density at radius 2 is 1.81 bits per heavy atom. The molecule has 0 aliphatic carbocycles. The van der Waals surface area contributed by atoms with Crippen LogP contribution in [0.15, 0.2) is 48.8 Å². The third-order valence-corrected chi connectivity index (χ3v) is 3.98. The molecule has 3 rings (SSSR count). The van der Waals surface area contributed by atoms with Crippen LogP contribution in [0.4, 0.5) is 11.6 Å². The lowest BCUT2D eigenvalue weighted by Gasteiger charge is -2.12. The topological polar surface area (TPSA) is 79.8 Å². The standard InChI is InChI=1S/C20H21N5O/c1-13-6-4-7-14(2)18(13)25-20-23-15(3)10-17(24-20)19(26)22-12-16-8-5-9-21-11-16/h4-11H,12H2,1-3H3,(H,22,26)(H,23,24,25). The van der Waals surface area contributed by atoms with Crippen LogP contribution in [0.2, 0.25) is 0 Å². The molecule has 1 amide bonds. The van der Waals surface area contributed by atoms with Gasteiger partial charge in [-0.15, -0.1) is 0 Å². The van der Waals surface area contributed by atoms with Crippen LogP contribution in [-0.4, -0.2) is 20.9 Å². The lowest BCUT2D eigenvalue weighted by atomic mass is 10.1. The Morgan fingerprint density at radius 3 is 2.50 bits per heavy atom. The third kappa shape index (κ3) is 4.22. The van der Waals surface area contributed by atoms with Crippen molar-refractivity contribution >= 4 is 17.5 Å². The molecule has 0 unspecified atom stereocenters. The number of nitrogens with zero attached hydrogens (tertiary/aromatic N) is 3. The highest BCUT2D eigenvalue weighted by Crippen LogP contribution is 2.22. The average molecular weight is 347 g/mol. The van der Waals surface area contributed by atoms with Crippen molar-refractivity contribution in [2.45, 2.75) is 27.3 Å². The molecule has 2 heterocycles. The van der Waals surface area contributed by atoms with Gasteiger partial charge in [0.25, 0.3) is 5.91 Å². The smallest absolute Gasteiger partial charge is 0.270 e. The highest BCUT2D eigenvalue weighted by molar-refractivity contribution is 5.92. The summed E-state index contributed by atoms with van der Waals surface area (Å²) < 4.78 is 0. The monoisotopic (exact) mass is 347 g/mol. The van der Waals surface area contributed by atoms with E-state index in [9.17, 15) is 4.79 Å². The number of para-hydroxylation sites is 1. The zero-order valence-electron chi connectivity index (χ0n) is 15.1. The Morgan fingerprint density at radius 1 is 1.04 bits per heavy atom. The molecular weight excluding hydrogens is 326 g/mol. The van der Waals surface area contributed by atoms with Crippen molar-refractivity contribution in [2.24, 2.45) is 0 Å². The first-order chi connectivity index (χ1) is 12.5. The first kappa shape index (κ1) is 17.5. The summed E-state index contributed by atoms with van der Waals surface area (Å²) in [5.74, 6) is 0.165. The number of aromatic nitrogens is 3. The number of aryl methyl sites for hydroxylation is 3. The maximum atomic E-state index is 12.5. The van der Waals surface area contributed by atoms with Gasteiger partial charge in [-0.2, -0.15) is 0 Å². The Bertz CT molecular complexity index is 904. The molecule has 6 heteroatoms. The molecule has 3 aromatic rings. The summed E-state index contributed by atoms with van der Waals surface area (Å²) in [5.41, 5.74) is 5.13. The van der Waals surface area contributed by atoms with Gasteiger partial charge in [0.05, 0.1) is 0 Å². The Labute approximate surface area is 152 Å². The minimum Gasteiger partial charge on any atom is -0.347 e. The maximum absolute atomic E-state index is 12.5. The molecule has 0 atom stereocenters. The van der Waals surface area contributed by atoms with Crippen molar-refractivity contribution in [3.8, 4) is 0 Å². The molecule has 2 aromatic heterocycles. The molecule has 1 aromatic carbocycles. The van der Waals surface area contributed by atoms with Crippen molar-refractivity contribution in [1.29, 1.82) is 0 Å². The summed E-state index contributed by atoms with van der Waals surface area (Å²) >= 11 is 0. The van der Waals surface area contributed by atoms with Crippen LogP contribution in [0, 0.1) is 20.8 Å². The van der Waals surface area contributed by atoms with Gasteiger partial charge in [-0.25, -0.2) is 9.97 Å². The van der Waals surface area contributed by atoms with E-state index in [0.717, 1.165) is 28.1 Å². The Balaban J connectivity index is 1.78. The van der Waals surface area contributed by atoms with Crippen LogP contribution in [0.1, 0.15) is 32.9 Å². The average Bonchev–Trinajstić information content (AvgIpc) is 2.63. The Kier molecular flexibility index (Phi) is 5.22. The molecule has 0 bridgehead atoms. The van der Waals surface area contributed by atoms with Crippen LogP contribution in [0.25, 0.3) is 0 Å². The molecule has 132 valence electrons. The van der Waals surface area contributed by atoms with E-state index in [1.54, 1.807) is 18.5 Å². The third-order valence-electron chi connectivity index (χ3n) is 3.98. The molecular formula is C20H21N5O. The zero-order chi connectivity index (χ0) is 18.5. The molecule has 0 aliphatic rings. The summed E-state index contributed by atoms with van der Waals surface area (Å²) in [6.07, 6.45) is 3.42. The number of hydrogen-bond acceptors (Lipinski definition) is 5. The van der Waals surface area contributed by atoms with Crippen LogP contribution < -0.4 is 10.6 Å². The van der Waals surface area contributed by atoms with Gasteiger partial charge in [0.15, 0.2) is 0 Å². The number of anilines is 2. The largest absolute Gasteiger partial charge is 0.347 e. The number of carbonyl (C=O) groups excluding carboxylic acids is 1. The van der Waals surface area contributed by atoms with Gasteiger partial charge in [-0.05, 0) is 49.6 Å². The molecule has 0 radical (unpaired) electrons. The highest BCUT2D eigenvalue weighted by atomic mass is 16.1. The molecule has 0 saturated carbocycles. The number of nitrogens with one attached hydrogen (secondary N) is 2. The SMILES string of the molecule is Cc1cc(C(=O)NCc2cccnc2)nc(Nc2c(C)cccc2C)n1. The predicted molar refractivity (Wildman–Crippen MR) is 101 cm³/mol. The molecule has 0 spiro atoms. The zero-order valence-corrected chi connectivity index (χ0v) is 15.1. The van der Waals surface area contributed by atoms with E-state index in [1.165, 1.54) is 0 Å². The molecule has 6 nitrogen and oxygen atoms in total.